The first-order chi connectivity index (χ1) is 9.47. The van der Waals surface area contributed by atoms with Crippen molar-refractivity contribution in [2.24, 2.45) is 5.73 Å². The van der Waals surface area contributed by atoms with Crippen molar-refractivity contribution in [1.29, 1.82) is 0 Å². The van der Waals surface area contributed by atoms with Gasteiger partial charge >= 0.3 is 0 Å². The van der Waals surface area contributed by atoms with Crippen LogP contribution in [0.15, 0.2) is 16.5 Å². The monoisotopic (exact) mass is 294 g/mol. The number of halogens is 2. The van der Waals surface area contributed by atoms with Crippen molar-refractivity contribution in [3.8, 4) is 0 Å². The van der Waals surface area contributed by atoms with Crippen LogP contribution in [0.4, 0.5) is 4.39 Å². The van der Waals surface area contributed by atoms with Crippen LogP contribution in [0, 0.1) is 12.7 Å². The van der Waals surface area contributed by atoms with E-state index in [1.54, 1.807) is 13.0 Å². The molecule has 6 heteroatoms. The van der Waals surface area contributed by atoms with E-state index >= 15 is 0 Å². The second-order valence-corrected chi connectivity index (χ2v) is 5.30. The molecular weight excluding hydrogens is 283 g/mol. The highest BCUT2D eigenvalue weighted by Gasteiger charge is 2.31. The Morgan fingerprint density at radius 2 is 2.30 bits per heavy atom. The maximum absolute atomic E-state index is 13.8. The lowest BCUT2D eigenvalue weighted by atomic mass is 10.0. The number of primary amides is 1. The highest BCUT2D eigenvalue weighted by atomic mass is 35.5. The van der Waals surface area contributed by atoms with Crippen LogP contribution in [0.3, 0.4) is 0 Å². The number of aryl methyl sites for hydroxylation is 1. The number of amides is 1. The van der Waals surface area contributed by atoms with Crippen LogP contribution < -0.4 is 5.73 Å². The number of rotatable bonds is 2. The number of aromatic nitrogens is 1. The molecule has 1 aliphatic rings. The maximum atomic E-state index is 13.8. The first-order valence-electron chi connectivity index (χ1n) is 6.22. The summed E-state index contributed by atoms with van der Waals surface area (Å²) in [4.78, 5) is 15.4. The summed E-state index contributed by atoms with van der Waals surface area (Å²) in [6.07, 6.45) is 1.26. The molecule has 0 spiro atoms. The molecule has 20 heavy (non-hydrogen) atoms. The smallest absolute Gasteiger partial charge is 0.270 e. The van der Waals surface area contributed by atoms with E-state index in [2.05, 4.69) is 4.98 Å². The van der Waals surface area contributed by atoms with E-state index in [9.17, 15) is 9.18 Å². The predicted octanol–water partition coefficient (Wildman–Crippen LogP) is 2.95. The fraction of sp³-hybridized carbons (Fsp3) is 0.286. The Hall–Kier alpha value is -1.88. The molecule has 4 nitrogen and oxygen atoms in total. The molecule has 1 aromatic carbocycles. The largest absolute Gasteiger partial charge is 0.444 e. The molecule has 1 amide bonds. The van der Waals surface area contributed by atoms with Crippen LogP contribution in [0.5, 0.6) is 0 Å². The summed E-state index contributed by atoms with van der Waals surface area (Å²) in [5, 5.41) is 0.339. The van der Waals surface area contributed by atoms with Crippen LogP contribution in [-0.2, 0) is 6.42 Å². The van der Waals surface area contributed by atoms with Crippen LogP contribution in [0.25, 0.3) is 0 Å². The zero-order valence-corrected chi connectivity index (χ0v) is 11.5. The SMILES string of the molecule is Cc1oc([C@@H]2CCc3c(F)cc(Cl)cc32)nc1C(N)=O. The van der Waals surface area contributed by atoms with Crippen molar-refractivity contribution < 1.29 is 13.6 Å². The van der Waals surface area contributed by atoms with Gasteiger partial charge in [0.05, 0.1) is 5.92 Å². The van der Waals surface area contributed by atoms with Gasteiger partial charge in [0, 0.05) is 5.02 Å². The molecular formula is C14H12ClFN2O2. The fourth-order valence-corrected chi connectivity index (χ4v) is 2.91. The second-order valence-electron chi connectivity index (χ2n) is 4.87. The first kappa shape index (κ1) is 13.1. The molecule has 1 heterocycles. The fourth-order valence-electron chi connectivity index (χ4n) is 2.69. The number of hydrogen-bond donors (Lipinski definition) is 1. The van der Waals surface area contributed by atoms with E-state index in [-0.39, 0.29) is 17.4 Å². The third kappa shape index (κ3) is 1.98. The van der Waals surface area contributed by atoms with Crippen molar-refractivity contribution in [1.82, 2.24) is 4.98 Å². The minimum absolute atomic E-state index is 0.121. The average molecular weight is 295 g/mol. The normalized spacial score (nSPS) is 17.2. The van der Waals surface area contributed by atoms with Crippen molar-refractivity contribution in [3.63, 3.8) is 0 Å². The lowest BCUT2D eigenvalue weighted by molar-refractivity contribution is 0.0994. The van der Waals surface area contributed by atoms with E-state index in [1.807, 2.05) is 0 Å². The number of carbonyl (C=O) groups excluding carboxylic acids is 1. The number of fused-ring (bicyclic) bond motifs is 1. The minimum Gasteiger partial charge on any atom is -0.444 e. The Morgan fingerprint density at radius 3 is 2.95 bits per heavy atom. The molecule has 0 aliphatic heterocycles. The van der Waals surface area contributed by atoms with Crippen molar-refractivity contribution in [2.45, 2.75) is 25.7 Å². The van der Waals surface area contributed by atoms with Gasteiger partial charge in [-0.25, -0.2) is 9.37 Å². The Kier molecular flexibility index (Phi) is 3.01. The lowest BCUT2D eigenvalue weighted by Crippen LogP contribution is -2.13. The molecule has 0 saturated carbocycles. The first-order valence-corrected chi connectivity index (χ1v) is 6.60. The summed E-state index contributed by atoms with van der Waals surface area (Å²) in [5.74, 6) is -0.369. The number of nitrogens with zero attached hydrogens (tertiary/aromatic N) is 1. The van der Waals surface area contributed by atoms with Gasteiger partial charge in [-0.2, -0.15) is 0 Å². The standard InChI is InChI=1S/C14H12ClFN2O2/c1-6-12(13(17)19)18-14(20-6)9-3-2-8-10(9)4-7(15)5-11(8)16/h4-5,9H,2-3H2,1H3,(H2,17,19)/t9-/m1/s1. The van der Waals surface area contributed by atoms with Gasteiger partial charge in [0.15, 0.2) is 5.69 Å². The Bertz CT molecular complexity index is 711. The summed E-state index contributed by atoms with van der Waals surface area (Å²) < 4.78 is 19.4. The molecule has 0 bridgehead atoms. The Balaban J connectivity index is 2.07. The summed E-state index contributed by atoms with van der Waals surface area (Å²) in [7, 11) is 0. The van der Waals surface area contributed by atoms with E-state index < -0.39 is 5.91 Å². The molecule has 1 aromatic heterocycles. The van der Waals surface area contributed by atoms with Crippen molar-refractivity contribution in [2.75, 3.05) is 0 Å². The molecule has 104 valence electrons. The van der Waals surface area contributed by atoms with Crippen LogP contribution in [-0.4, -0.2) is 10.9 Å². The number of hydrogen-bond acceptors (Lipinski definition) is 3. The summed E-state index contributed by atoms with van der Waals surface area (Å²) in [5.41, 5.74) is 6.75. The highest BCUT2D eigenvalue weighted by Crippen LogP contribution is 2.40. The molecule has 2 aromatic rings. The van der Waals surface area contributed by atoms with E-state index in [1.165, 1.54) is 6.07 Å². The number of oxazole rings is 1. The molecule has 3 rings (SSSR count). The summed E-state index contributed by atoms with van der Waals surface area (Å²) in [6, 6.07) is 3.03. The number of nitrogens with two attached hydrogens (primary N) is 1. The van der Waals surface area contributed by atoms with Gasteiger partial charge < -0.3 is 10.2 Å². The second kappa shape index (κ2) is 4.59. The molecule has 0 saturated heterocycles. The molecule has 1 aliphatic carbocycles. The average Bonchev–Trinajstić information content (AvgIpc) is 2.92. The van der Waals surface area contributed by atoms with Crippen molar-refractivity contribution in [3.05, 3.63) is 51.4 Å². The minimum atomic E-state index is -0.631. The van der Waals surface area contributed by atoms with Gasteiger partial charge in [0.1, 0.15) is 11.6 Å². The van der Waals surface area contributed by atoms with Gasteiger partial charge in [-0.05, 0) is 43.0 Å². The lowest BCUT2D eigenvalue weighted by Gasteiger charge is -2.08. The number of carbonyl (C=O) groups is 1. The third-order valence-electron chi connectivity index (χ3n) is 3.60. The third-order valence-corrected chi connectivity index (χ3v) is 3.82. The Morgan fingerprint density at radius 1 is 1.55 bits per heavy atom. The zero-order valence-electron chi connectivity index (χ0n) is 10.7. The number of benzene rings is 1. The van der Waals surface area contributed by atoms with E-state index in [4.69, 9.17) is 21.8 Å². The van der Waals surface area contributed by atoms with Crippen LogP contribution in [0.1, 0.15) is 45.6 Å². The highest BCUT2D eigenvalue weighted by molar-refractivity contribution is 6.30. The van der Waals surface area contributed by atoms with Gasteiger partial charge in [-0.15, -0.1) is 0 Å². The quantitative estimate of drug-likeness (QED) is 0.926. The predicted molar refractivity (Wildman–Crippen MR) is 71.3 cm³/mol. The topological polar surface area (TPSA) is 69.1 Å². The van der Waals surface area contributed by atoms with Gasteiger partial charge in [0.2, 0.25) is 5.89 Å². The van der Waals surface area contributed by atoms with Gasteiger partial charge in [0.25, 0.3) is 5.91 Å². The zero-order chi connectivity index (χ0) is 14.4. The molecule has 2 N–H and O–H groups in total. The Labute approximate surface area is 119 Å². The molecule has 0 radical (unpaired) electrons. The van der Waals surface area contributed by atoms with Crippen LogP contribution in [0.2, 0.25) is 5.02 Å². The van der Waals surface area contributed by atoms with E-state index in [0.29, 0.717) is 35.1 Å². The summed E-state index contributed by atoms with van der Waals surface area (Å²) in [6.45, 7) is 1.63. The van der Waals surface area contributed by atoms with E-state index in [0.717, 1.165) is 5.56 Å². The van der Waals surface area contributed by atoms with Crippen LogP contribution >= 0.6 is 11.6 Å². The maximum Gasteiger partial charge on any atom is 0.270 e. The molecule has 0 unspecified atom stereocenters. The van der Waals surface area contributed by atoms with Crippen molar-refractivity contribution >= 4 is 17.5 Å². The molecule has 1 atom stereocenters. The van der Waals surface area contributed by atoms with Gasteiger partial charge in [-0.3, -0.25) is 4.79 Å². The molecule has 0 fully saturated rings. The van der Waals surface area contributed by atoms with Gasteiger partial charge in [-0.1, -0.05) is 11.6 Å². The summed E-state index contributed by atoms with van der Waals surface area (Å²) >= 11 is 5.90.